The number of rotatable bonds is 9. The molecule has 27 heavy (non-hydrogen) atoms. The fraction of sp³-hybridized carbons (Fsp3) is 0.778. The summed E-state index contributed by atoms with van der Waals surface area (Å²) in [6.07, 6.45) is 22.2. The molecule has 0 bridgehead atoms. The second-order valence-electron chi connectivity index (χ2n) is 9.95. The molecule has 2 aliphatic carbocycles. The van der Waals surface area contributed by atoms with Crippen LogP contribution in [0.1, 0.15) is 108 Å². The Morgan fingerprint density at radius 1 is 0.815 bits per heavy atom. The fourth-order valence-corrected chi connectivity index (χ4v) is 5.89. The highest BCUT2D eigenvalue weighted by Gasteiger charge is 2.26. The summed E-state index contributed by atoms with van der Waals surface area (Å²) >= 11 is 0. The molecule has 0 radical (unpaired) electrons. The van der Waals surface area contributed by atoms with Gasteiger partial charge in [0.15, 0.2) is 0 Å². The minimum absolute atomic E-state index is 0.936. The molecule has 0 aromatic heterocycles. The van der Waals surface area contributed by atoms with E-state index in [4.69, 9.17) is 0 Å². The molecule has 0 N–H and O–H groups in total. The molecule has 0 nitrogen and oxygen atoms in total. The van der Waals surface area contributed by atoms with Crippen molar-refractivity contribution in [3.05, 3.63) is 35.4 Å². The Labute approximate surface area is 169 Å². The van der Waals surface area contributed by atoms with Crippen molar-refractivity contribution in [2.24, 2.45) is 23.7 Å². The SMILES string of the molecule is CCCCC1CCC(CCC(Cc2ccc(C)cc2)C2CCCCC2)CC1. The average Bonchev–Trinajstić information content (AvgIpc) is 2.72. The molecule has 2 saturated carbocycles. The standard InChI is InChI=1S/C27H44/c1-3-4-8-23-15-17-24(18-16-23)19-20-27(26-9-6-5-7-10-26)21-25-13-11-22(2)12-14-25/h11-14,23-24,26-27H,3-10,15-21H2,1-2H3. The summed E-state index contributed by atoms with van der Waals surface area (Å²) in [4.78, 5) is 0. The van der Waals surface area contributed by atoms with Crippen molar-refractivity contribution < 1.29 is 0 Å². The second-order valence-corrected chi connectivity index (χ2v) is 9.95. The van der Waals surface area contributed by atoms with E-state index in [1.165, 1.54) is 102 Å². The van der Waals surface area contributed by atoms with Crippen LogP contribution in [0.3, 0.4) is 0 Å². The molecule has 0 amide bonds. The first-order chi connectivity index (χ1) is 13.2. The van der Waals surface area contributed by atoms with Gasteiger partial charge >= 0.3 is 0 Å². The molecule has 2 fully saturated rings. The van der Waals surface area contributed by atoms with E-state index >= 15 is 0 Å². The Bertz CT molecular complexity index is 499. The third-order valence-corrected chi connectivity index (χ3v) is 7.81. The zero-order valence-electron chi connectivity index (χ0n) is 18.2. The largest absolute Gasteiger partial charge is 0.0654 e. The van der Waals surface area contributed by atoms with E-state index in [0.717, 1.165) is 23.7 Å². The highest BCUT2D eigenvalue weighted by Crippen LogP contribution is 2.39. The number of benzene rings is 1. The van der Waals surface area contributed by atoms with Crippen molar-refractivity contribution in [3.8, 4) is 0 Å². The average molecular weight is 369 g/mol. The number of aryl methyl sites for hydroxylation is 1. The fourth-order valence-electron chi connectivity index (χ4n) is 5.89. The summed E-state index contributed by atoms with van der Waals surface area (Å²) in [7, 11) is 0. The van der Waals surface area contributed by atoms with Crippen molar-refractivity contribution >= 4 is 0 Å². The van der Waals surface area contributed by atoms with Gasteiger partial charge < -0.3 is 0 Å². The second kappa shape index (κ2) is 11.3. The van der Waals surface area contributed by atoms with E-state index in [2.05, 4.69) is 38.1 Å². The maximum Gasteiger partial charge on any atom is -0.0248 e. The molecule has 1 aromatic rings. The van der Waals surface area contributed by atoms with Crippen molar-refractivity contribution in [3.63, 3.8) is 0 Å². The lowest BCUT2D eigenvalue weighted by Crippen LogP contribution is -2.22. The van der Waals surface area contributed by atoms with Gasteiger partial charge in [-0.25, -0.2) is 0 Å². The van der Waals surface area contributed by atoms with Gasteiger partial charge in [-0.3, -0.25) is 0 Å². The lowest BCUT2D eigenvalue weighted by molar-refractivity contribution is 0.196. The van der Waals surface area contributed by atoms with E-state index in [-0.39, 0.29) is 0 Å². The predicted molar refractivity (Wildman–Crippen MR) is 119 cm³/mol. The van der Waals surface area contributed by atoms with Gasteiger partial charge in [0.05, 0.1) is 0 Å². The minimum atomic E-state index is 0.936. The van der Waals surface area contributed by atoms with Gasteiger partial charge in [0.1, 0.15) is 0 Å². The normalized spacial score (nSPS) is 25.4. The Morgan fingerprint density at radius 3 is 2.07 bits per heavy atom. The number of hydrogen-bond donors (Lipinski definition) is 0. The van der Waals surface area contributed by atoms with E-state index in [1.807, 2.05) is 0 Å². The van der Waals surface area contributed by atoms with Gasteiger partial charge in [0.2, 0.25) is 0 Å². The first-order valence-corrected chi connectivity index (χ1v) is 12.3. The maximum atomic E-state index is 2.39. The van der Waals surface area contributed by atoms with Crippen LogP contribution in [-0.2, 0) is 6.42 Å². The van der Waals surface area contributed by atoms with Gasteiger partial charge in [0.25, 0.3) is 0 Å². The van der Waals surface area contributed by atoms with E-state index in [1.54, 1.807) is 5.56 Å². The zero-order valence-corrected chi connectivity index (χ0v) is 18.2. The van der Waals surface area contributed by atoms with Gasteiger partial charge in [-0.05, 0) is 49.0 Å². The topological polar surface area (TPSA) is 0 Å². The van der Waals surface area contributed by atoms with Crippen LogP contribution in [0.4, 0.5) is 0 Å². The van der Waals surface area contributed by atoms with Crippen LogP contribution < -0.4 is 0 Å². The highest BCUT2D eigenvalue weighted by molar-refractivity contribution is 5.21. The third kappa shape index (κ3) is 6.95. The van der Waals surface area contributed by atoms with E-state index in [0.29, 0.717) is 0 Å². The molecule has 0 spiro atoms. The molecule has 0 heterocycles. The van der Waals surface area contributed by atoms with Crippen LogP contribution in [0, 0.1) is 30.6 Å². The lowest BCUT2D eigenvalue weighted by atomic mass is 9.72. The van der Waals surface area contributed by atoms with Crippen LogP contribution in [0.25, 0.3) is 0 Å². The molecule has 0 aliphatic heterocycles. The number of unbranched alkanes of at least 4 members (excludes halogenated alkanes) is 1. The quantitative estimate of drug-likeness (QED) is 0.410. The van der Waals surface area contributed by atoms with Crippen LogP contribution in [-0.4, -0.2) is 0 Å². The molecule has 0 heteroatoms. The highest BCUT2D eigenvalue weighted by atomic mass is 14.3. The Hall–Kier alpha value is -0.780. The lowest BCUT2D eigenvalue weighted by Gasteiger charge is -2.33. The smallest absolute Gasteiger partial charge is 0.0248 e. The Kier molecular flexibility index (Phi) is 8.75. The van der Waals surface area contributed by atoms with Crippen LogP contribution >= 0.6 is 0 Å². The third-order valence-electron chi connectivity index (χ3n) is 7.81. The van der Waals surface area contributed by atoms with Gasteiger partial charge in [-0.15, -0.1) is 0 Å². The summed E-state index contributed by atoms with van der Waals surface area (Å²) in [5.74, 6) is 4.03. The maximum absolute atomic E-state index is 2.39. The monoisotopic (exact) mass is 368 g/mol. The summed E-state index contributed by atoms with van der Waals surface area (Å²) in [6, 6.07) is 9.41. The molecule has 3 rings (SSSR count). The van der Waals surface area contributed by atoms with Crippen LogP contribution in [0.2, 0.25) is 0 Å². The molecule has 1 aromatic carbocycles. The molecular formula is C27H44. The number of hydrogen-bond acceptors (Lipinski definition) is 0. The van der Waals surface area contributed by atoms with Gasteiger partial charge in [-0.2, -0.15) is 0 Å². The van der Waals surface area contributed by atoms with Crippen LogP contribution in [0.5, 0.6) is 0 Å². The van der Waals surface area contributed by atoms with E-state index < -0.39 is 0 Å². The molecule has 1 unspecified atom stereocenters. The molecule has 2 aliphatic rings. The summed E-state index contributed by atoms with van der Waals surface area (Å²) in [6.45, 7) is 4.55. The van der Waals surface area contributed by atoms with Crippen molar-refractivity contribution in [1.82, 2.24) is 0 Å². The van der Waals surface area contributed by atoms with Gasteiger partial charge in [-0.1, -0.05) is 120 Å². The van der Waals surface area contributed by atoms with Crippen molar-refractivity contribution in [1.29, 1.82) is 0 Å². The predicted octanol–water partition coefficient (Wildman–Crippen LogP) is 8.51. The summed E-state index contributed by atoms with van der Waals surface area (Å²) in [5, 5.41) is 0. The zero-order chi connectivity index (χ0) is 18.9. The first kappa shape index (κ1) is 20.9. The Balaban J connectivity index is 1.50. The Morgan fingerprint density at radius 2 is 1.44 bits per heavy atom. The summed E-state index contributed by atoms with van der Waals surface area (Å²) < 4.78 is 0. The molecular weight excluding hydrogens is 324 g/mol. The van der Waals surface area contributed by atoms with E-state index in [9.17, 15) is 0 Å². The van der Waals surface area contributed by atoms with Gasteiger partial charge in [0, 0.05) is 0 Å². The minimum Gasteiger partial charge on any atom is -0.0654 e. The van der Waals surface area contributed by atoms with Crippen LogP contribution in [0.15, 0.2) is 24.3 Å². The molecule has 152 valence electrons. The summed E-state index contributed by atoms with van der Waals surface area (Å²) in [5.41, 5.74) is 2.98. The molecule has 0 saturated heterocycles. The van der Waals surface area contributed by atoms with Crippen molar-refractivity contribution in [2.75, 3.05) is 0 Å². The van der Waals surface area contributed by atoms with Crippen molar-refractivity contribution in [2.45, 2.75) is 110 Å². The first-order valence-electron chi connectivity index (χ1n) is 12.3. The molecule has 1 atom stereocenters.